The molecule has 0 atom stereocenters. The lowest BCUT2D eigenvalue weighted by molar-refractivity contribution is -0.134. The zero-order valence-corrected chi connectivity index (χ0v) is 9.40. The number of carbonyl (C=O) groups excluding carboxylic acids is 1. The first-order valence-electron chi connectivity index (χ1n) is 4.66. The van der Waals surface area contributed by atoms with Crippen LogP contribution in [0, 0.1) is 5.41 Å². The van der Waals surface area contributed by atoms with E-state index in [4.69, 9.17) is 0 Å². The fourth-order valence-electron chi connectivity index (χ4n) is 1.52. The summed E-state index contributed by atoms with van der Waals surface area (Å²) in [4.78, 5) is 15.9. The molecule has 4 nitrogen and oxygen atoms in total. The minimum atomic E-state index is -0.630. The standard InChI is InChI=1S/C10H17N3O/c1-9(2,3)8(14)10(4,5)13-7-11-6-12-13/h6-7H,1-5H3. The molecule has 0 spiro atoms. The average Bonchev–Trinajstić information content (AvgIpc) is 2.53. The molecule has 0 radical (unpaired) electrons. The highest BCUT2D eigenvalue weighted by atomic mass is 16.1. The third kappa shape index (κ3) is 1.84. The van der Waals surface area contributed by atoms with Gasteiger partial charge in [0.25, 0.3) is 0 Å². The van der Waals surface area contributed by atoms with Crippen LogP contribution in [-0.2, 0) is 10.3 Å². The predicted octanol–water partition coefficient (Wildman–Crippen LogP) is 1.63. The molecule has 0 unspecified atom stereocenters. The van der Waals surface area contributed by atoms with E-state index in [-0.39, 0.29) is 11.2 Å². The summed E-state index contributed by atoms with van der Waals surface area (Å²) in [6, 6.07) is 0. The Balaban J connectivity index is 3.03. The second-order valence-corrected chi connectivity index (χ2v) is 4.98. The molecule has 0 aromatic carbocycles. The number of ketones is 1. The molecule has 1 heterocycles. The van der Waals surface area contributed by atoms with E-state index in [1.165, 1.54) is 6.33 Å². The maximum Gasteiger partial charge on any atom is 0.165 e. The van der Waals surface area contributed by atoms with E-state index in [9.17, 15) is 4.79 Å². The minimum absolute atomic E-state index is 0.149. The van der Waals surface area contributed by atoms with Gasteiger partial charge in [-0.2, -0.15) is 5.10 Å². The van der Waals surface area contributed by atoms with Crippen molar-refractivity contribution in [3.63, 3.8) is 0 Å². The number of hydrogen-bond acceptors (Lipinski definition) is 3. The molecular formula is C10H17N3O. The molecule has 0 N–H and O–H groups in total. The van der Waals surface area contributed by atoms with Crippen molar-refractivity contribution in [1.29, 1.82) is 0 Å². The van der Waals surface area contributed by atoms with E-state index < -0.39 is 5.54 Å². The van der Waals surface area contributed by atoms with E-state index in [0.29, 0.717) is 0 Å². The van der Waals surface area contributed by atoms with Crippen LogP contribution in [0.2, 0.25) is 0 Å². The molecule has 0 saturated carbocycles. The van der Waals surface area contributed by atoms with Gasteiger partial charge in [0, 0.05) is 5.41 Å². The summed E-state index contributed by atoms with van der Waals surface area (Å²) < 4.78 is 1.60. The number of nitrogens with zero attached hydrogens (tertiary/aromatic N) is 3. The monoisotopic (exact) mass is 195 g/mol. The fourth-order valence-corrected chi connectivity index (χ4v) is 1.52. The van der Waals surface area contributed by atoms with Crippen LogP contribution in [0.5, 0.6) is 0 Å². The molecular weight excluding hydrogens is 178 g/mol. The molecule has 0 amide bonds. The summed E-state index contributed by atoms with van der Waals surface area (Å²) in [6.45, 7) is 9.45. The number of rotatable bonds is 2. The van der Waals surface area contributed by atoms with Gasteiger partial charge in [-0.15, -0.1) is 0 Å². The maximum absolute atomic E-state index is 12.1. The Hall–Kier alpha value is -1.19. The van der Waals surface area contributed by atoms with E-state index in [0.717, 1.165) is 0 Å². The Morgan fingerprint density at radius 1 is 1.21 bits per heavy atom. The van der Waals surface area contributed by atoms with E-state index in [1.807, 2.05) is 34.6 Å². The highest BCUT2D eigenvalue weighted by Gasteiger charge is 2.37. The van der Waals surface area contributed by atoms with Crippen LogP contribution in [0.25, 0.3) is 0 Å². The van der Waals surface area contributed by atoms with Gasteiger partial charge in [-0.05, 0) is 13.8 Å². The normalized spacial score (nSPS) is 12.9. The average molecular weight is 195 g/mol. The van der Waals surface area contributed by atoms with Gasteiger partial charge in [-0.1, -0.05) is 20.8 Å². The Labute approximate surface area is 84.3 Å². The first-order chi connectivity index (χ1) is 6.26. The summed E-state index contributed by atoms with van der Waals surface area (Å²) in [5, 5.41) is 4.01. The largest absolute Gasteiger partial charge is 0.296 e. The van der Waals surface area contributed by atoms with Gasteiger partial charge in [-0.25, -0.2) is 9.67 Å². The minimum Gasteiger partial charge on any atom is -0.296 e. The van der Waals surface area contributed by atoms with Crippen LogP contribution in [0.3, 0.4) is 0 Å². The van der Waals surface area contributed by atoms with Gasteiger partial charge in [0.2, 0.25) is 0 Å². The second kappa shape index (κ2) is 3.19. The highest BCUT2D eigenvalue weighted by Crippen LogP contribution is 2.27. The van der Waals surface area contributed by atoms with Crippen molar-refractivity contribution in [1.82, 2.24) is 14.8 Å². The molecule has 0 aliphatic heterocycles. The van der Waals surface area contributed by atoms with Crippen LogP contribution in [0.1, 0.15) is 34.6 Å². The molecule has 1 aromatic heterocycles. The summed E-state index contributed by atoms with van der Waals surface area (Å²) >= 11 is 0. The Morgan fingerprint density at radius 3 is 2.14 bits per heavy atom. The lowest BCUT2D eigenvalue weighted by atomic mass is 9.80. The summed E-state index contributed by atoms with van der Waals surface area (Å²) in [7, 11) is 0. The van der Waals surface area contributed by atoms with Gasteiger partial charge in [0.1, 0.15) is 18.2 Å². The number of hydrogen-bond donors (Lipinski definition) is 0. The smallest absolute Gasteiger partial charge is 0.165 e. The highest BCUT2D eigenvalue weighted by molar-refractivity contribution is 5.90. The molecule has 14 heavy (non-hydrogen) atoms. The van der Waals surface area contributed by atoms with Gasteiger partial charge in [0.05, 0.1) is 0 Å². The van der Waals surface area contributed by atoms with Gasteiger partial charge in [0.15, 0.2) is 5.78 Å². The SMILES string of the molecule is CC(C)(C)C(=O)C(C)(C)n1cncn1. The molecule has 0 aliphatic carbocycles. The van der Waals surface area contributed by atoms with E-state index in [2.05, 4.69) is 10.1 Å². The van der Waals surface area contributed by atoms with Crippen LogP contribution >= 0.6 is 0 Å². The van der Waals surface area contributed by atoms with E-state index >= 15 is 0 Å². The lowest BCUT2D eigenvalue weighted by Gasteiger charge is -2.30. The third-order valence-corrected chi connectivity index (χ3v) is 2.23. The van der Waals surface area contributed by atoms with Crippen molar-refractivity contribution in [2.75, 3.05) is 0 Å². The molecule has 0 aliphatic rings. The van der Waals surface area contributed by atoms with Crippen molar-refractivity contribution in [2.24, 2.45) is 5.41 Å². The zero-order chi connectivity index (χ0) is 11.0. The molecule has 1 aromatic rings. The van der Waals surface area contributed by atoms with Gasteiger partial charge < -0.3 is 0 Å². The van der Waals surface area contributed by atoms with Crippen molar-refractivity contribution in [2.45, 2.75) is 40.2 Å². The Kier molecular flexibility index (Phi) is 2.48. The van der Waals surface area contributed by atoms with Crippen LogP contribution in [0.4, 0.5) is 0 Å². The molecule has 78 valence electrons. The zero-order valence-electron chi connectivity index (χ0n) is 9.40. The van der Waals surface area contributed by atoms with Crippen LogP contribution in [0.15, 0.2) is 12.7 Å². The molecule has 4 heteroatoms. The van der Waals surface area contributed by atoms with Crippen molar-refractivity contribution in [3.05, 3.63) is 12.7 Å². The third-order valence-electron chi connectivity index (χ3n) is 2.23. The van der Waals surface area contributed by atoms with Crippen LogP contribution < -0.4 is 0 Å². The first-order valence-corrected chi connectivity index (χ1v) is 4.66. The molecule has 0 bridgehead atoms. The fraction of sp³-hybridized carbons (Fsp3) is 0.700. The van der Waals surface area contributed by atoms with Crippen molar-refractivity contribution >= 4 is 5.78 Å². The maximum atomic E-state index is 12.1. The Morgan fingerprint density at radius 2 is 1.79 bits per heavy atom. The number of aromatic nitrogens is 3. The predicted molar refractivity (Wildman–Crippen MR) is 53.8 cm³/mol. The summed E-state index contributed by atoms with van der Waals surface area (Å²) in [5.74, 6) is 0.149. The van der Waals surface area contributed by atoms with Crippen molar-refractivity contribution < 1.29 is 4.79 Å². The van der Waals surface area contributed by atoms with Crippen LogP contribution in [-0.4, -0.2) is 20.5 Å². The van der Waals surface area contributed by atoms with Gasteiger partial charge in [-0.3, -0.25) is 4.79 Å². The Bertz CT molecular complexity index is 320. The first kappa shape index (κ1) is 10.9. The lowest BCUT2D eigenvalue weighted by Crippen LogP contribution is -2.43. The number of carbonyl (C=O) groups is 1. The molecule has 1 rings (SSSR count). The topological polar surface area (TPSA) is 47.8 Å². The molecule has 0 fully saturated rings. The summed E-state index contributed by atoms with van der Waals surface area (Å²) in [6.07, 6.45) is 3.02. The quantitative estimate of drug-likeness (QED) is 0.720. The number of Topliss-reactive ketones (excluding diaryl/α,β-unsaturated/α-hetero) is 1. The van der Waals surface area contributed by atoms with Crippen molar-refractivity contribution in [3.8, 4) is 0 Å². The van der Waals surface area contributed by atoms with E-state index in [1.54, 1.807) is 11.0 Å². The summed E-state index contributed by atoms with van der Waals surface area (Å²) in [5.41, 5.74) is -0.996. The molecule has 0 saturated heterocycles. The second-order valence-electron chi connectivity index (χ2n) is 4.98. The van der Waals surface area contributed by atoms with Gasteiger partial charge >= 0.3 is 0 Å².